The van der Waals surface area contributed by atoms with Gasteiger partial charge in [-0.25, -0.2) is 8.42 Å². The molecule has 0 N–H and O–H groups in total. The molecule has 0 heterocycles. The van der Waals surface area contributed by atoms with E-state index in [2.05, 4.69) is 0 Å². The minimum Gasteiger partial charge on any atom is -0.262 e. The van der Waals surface area contributed by atoms with Crippen molar-refractivity contribution in [2.24, 2.45) is 0 Å². The molecule has 3 aromatic rings. The zero-order chi connectivity index (χ0) is 18.7. The fraction of sp³-hybridized carbons (Fsp3) is 0.182. The molecule has 26 heavy (non-hydrogen) atoms. The fourth-order valence-corrected chi connectivity index (χ4v) is 4.40. The summed E-state index contributed by atoms with van der Waals surface area (Å²) >= 11 is 0. The monoisotopic (exact) mass is 365 g/mol. The molecule has 0 unspecified atom stereocenters. The number of hydrogen-bond acceptors (Lipinski definition) is 2. The summed E-state index contributed by atoms with van der Waals surface area (Å²) in [6.45, 7) is 6.23. The van der Waals surface area contributed by atoms with E-state index in [9.17, 15) is 8.42 Å². The molecule has 0 saturated carbocycles. The van der Waals surface area contributed by atoms with Crippen LogP contribution >= 0.6 is 0 Å². The predicted molar refractivity (Wildman–Crippen MR) is 107 cm³/mol. The summed E-state index contributed by atoms with van der Waals surface area (Å²) in [5, 5.41) is 0. The Labute approximate surface area is 156 Å². The van der Waals surface area contributed by atoms with E-state index in [0.29, 0.717) is 11.4 Å². The first-order valence-electron chi connectivity index (χ1n) is 8.58. The highest BCUT2D eigenvalue weighted by molar-refractivity contribution is 7.92. The number of anilines is 1. The van der Waals surface area contributed by atoms with Gasteiger partial charge in [0.1, 0.15) is 0 Å². The van der Waals surface area contributed by atoms with Crippen molar-refractivity contribution in [3.8, 4) is 0 Å². The zero-order valence-corrected chi connectivity index (χ0v) is 16.1. The van der Waals surface area contributed by atoms with E-state index in [-0.39, 0.29) is 0 Å². The summed E-state index contributed by atoms with van der Waals surface area (Å²) in [6, 6.07) is 22.5. The van der Waals surface area contributed by atoms with E-state index in [1.807, 2.05) is 69.3 Å². The molecular formula is C22H23NO2S. The predicted octanol–water partition coefficient (Wildman–Crippen LogP) is 5.01. The maximum absolute atomic E-state index is 13.4. The molecule has 0 aromatic heterocycles. The lowest BCUT2D eigenvalue weighted by atomic mass is 10.1. The van der Waals surface area contributed by atoms with Gasteiger partial charge in [-0.3, -0.25) is 4.31 Å². The highest BCUT2D eigenvalue weighted by Crippen LogP contribution is 2.29. The average molecular weight is 365 g/mol. The van der Waals surface area contributed by atoms with Crippen LogP contribution in [0.5, 0.6) is 0 Å². The second-order valence-electron chi connectivity index (χ2n) is 6.60. The Balaban J connectivity index is 2.12. The molecular weight excluding hydrogens is 342 g/mol. The van der Waals surface area contributed by atoms with Crippen molar-refractivity contribution in [2.45, 2.75) is 32.2 Å². The lowest BCUT2D eigenvalue weighted by Gasteiger charge is -2.26. The van der Waals surface area contributed by atoms with Gasteiger partial charge >= 0.3 is 0 Å². The molecule has 0 aliphatic rings. The van der Waals surface area contributed by atoms with E-state index in [1.165, 1.54) is 4.31 Å². The van der Waals surface area contributed by atoms with Crippen LogP contribution in [-0.2, 0) is 16.6 Å². The van der Waals surface area contributed by atoms with Gasteiger partial charge in [-0.2, -0.15) is 0 Å². The molecule has 0 atom stereocenters. The van der Waals surface area contributed by atoms with E-state index in [0.717, 1.165) is 27.9 Å². The van der Waals surface area contributed by atoms with Crippen LogP contribution in [0.1, 0.15) is 22.3 Å². The van der Waals surface area contributed by atoms with Crippen molar-refractivity contribution in [2.75, 3.05) is 4.31 Å². The summed E-state index contributed by atoms with van der Waals surface area (Å²) in [6.07, 6.45) is 0. The molecule has 0 saturated heterocycles. The fourth-order valence-electron chi connectivity index (χ4n) is 2.87. The van der Waals surface area contributed by atoms with Crippen LogP contribution in [0.25, 0.3) is 0 Å². The number of sulfonamides is 1. The molecule has 3 aromatic carbocycles. The molecule has 0 bridgehead atoms. The molecule has 0 spiro atoms. The van der Waals surface area contributed by atoms with Crippen molar-refractivity contribution in [1.82, 2.24) is 0 Å². The van der Waals surface area contributed by atoms with Gasteiger partial charge in [0.2, 0.25) is 0 Å². The van der Waals surface area contributed by atoms with Crippen LogP contribution in [0.4, 0.5) is 5.69 Å². The van der Waals surface area contributed by atoms with Crippen molar-refractivity contribution >= 4 is 15.7 Å². The van der Waals surface area contributed by atoms with Gasteiger partial charge in [-0.15, -0.1) is 0 Å². The summed E-state index contributed by atoms with van der Waals surface area (Å²) in [5.74, 6) is 0. The quantitative estimate of drug-likeness (QED) is 0.637. The lowest BCUT2D eigenvalue weighted by molar-refractivity contribution is 0.590. The van der Waals surface area contributed by atoms with Gasteiger partial charge in [0.25, 0.3) is 10.0 Å². The van der Waals surface area contributed by atoms with Crippen LogP contribution in [0, 0.1) is 20.8 Å². The second kappa shape index (κ2) is 7.34. The second-order valence-corrected chi connectivity index (χ2v) is 8.46. The average Bonchev–Trinajstić information content (AvgIpc) is 2.64. The van der Waals surface area contributed by atoms with Crippen molar-refractivity contribution in [3.05, 3.63) is 95.1 Å². The normalized spacial score (nSPS) is 11.3. The van der Waals surface area contributed by atoms with E-state index >= 15 is 0 Å². The molecule has 0 radical (unpaired) electrons. The van der Waals surface area contributed by atoms with E-state index in [1.54, 1.807) is 24.3 Å². The smallest absolute Gasteiger partial charge is 0.262 e. The molecule has 0 amide bonds. The highest BCUT2D eigenvalue weighted by atomic mass is 32.2. The topological polar surface area (TPSA) is 37.4 Å². The molecule has 134 valence electrons. The number of rotatable bonds is 5. The maximum Gasteiger partial charge on any atom is 0.264 e. The Morgan fingerprint density at radius 3 is 2.04 bits per heavy atom. The summed E-state index contributed by atoms with van der Waals surface area (Å²) < 4.78 is 28.3. The molecule has 3 nitrogen and oxygen atoms in total. The molecule has 0 aliphatic carbocycles. The third-order valence-corrected chi connectivity index (χ3v) is 6.19. The molecule has 3 rings (SSSR count). The van der Waals surface area contributed by atoms with Gasteiger partial charge < -0.3 is 0 Å². The highest BCUT2D eigenvalue weighted by Gasteiger charge is 2.26. The van der Waals surface area contributed by atoms with Crippen molar-refractivity contribution < 1.29 is 8.42 Å². The summed E-state index contributed by atoms with van der Waals surface area (Å²) in [5.41, 5.74) is 4.79. The standard InChI is InChI=1S/C22H23NO2S/c1-17-10-13-20(14-11-17)16-23(22-15-18(2)9-12-19(22)3)26(24,25)21-7-5-4-6-8-21/h4-15H,16H2,1-3H3. The van der Waals surface area contributed by atoms with E-state index < -0.39 is 10.0 Å². The Kier molecular flexibility index (Phi) is 5.14. The Hall–Kier alpha value is -2.59. The molecule has 0 fully saturated rings. The van der Waals surface area contributed by atoms with Crippen molar-refractivity contribution in [3.63, 3.8) is 0 Å². The third kappa shape index (κ3) is 3.81. The first kappa shape index (κ1) is 18.2. The maximum atomic E-state index is 13.4. The van der Waals surface area contributed by atoms with Gasteiger partial charge in [0.05, 0.1) is 17.1 Å². The summed E-state index contributed by atoms with van der Waals surface area (Å²) in [7, 11) is -3.67. The van der Waals surface area contributed by atoms with Gasteiger partial charge in [0.15, 0.2) is 0 Å². The minimum absolute atomic E-state index is 0.293. The molecule has 0 aliphatic heterocycles. The first-order chi connectivity index (χ1) is 12.4. The summed E-state index contributed by atoms with van der Waals surface area (Å²) in [4.78, 5) is 0.299. The van der Waals surface area contributed by atoms with Crippen molar-refractivity contribution in [1.29, 1.82) is 0 Å². The van der Waals surface area contributed by atoms with Crippen LogP contribution in [-0.4, -0.2) is 8.42 Å². The van der Waals surface area contributed by atoms with Gasteiger partial charge in [-0.05, 0) is 55.7 Å². The number of hydrogen-bond donors (Lipinski definition) is 0. The Bertz CT molecular complexity index is 994. The lowest BCUT2D eigenvalue weighted by Crippen LogP contribution is -2.31. The first-order valence-corrected chi connectivity index (χ1v) is 10.0. The van der Waals surface area contributed by atoms with Crippen LogP contribution in [0.15, 0.2) is 77.7 Å². The number of nitrogens with zero attached hydrogens (tertiary/aromatic N) is 1. The largest absolute Gasteiger partial charge is 0.264 e. The molecule has 4 heteroatoms. The zero-order valence-electron chi connectivity index (χ0n) is 15.3. The van der Waals surface area contributed by atoms with Gasteiger partial charge in [0, 0.05) is 0 Å². The SMILES string of the molecule is Cc1ccc(CN(c2cc(C)ccc2C)S(=O)(=O)c2ccccc2)cc1. The minimum atomic E-state index is -3.67. The third-order valence-electron chi connectivity index (χ3n) is 4.41. The number of benzene rings is 3. The van der Waals surface area contributed by atoms with Crippen LogP contribution < -0.4 is 4.31 Å². The van der Waals surface area contributed by atoms with Crippen LogP contribution in [0.3, 0.4) is 0 Å². The van der Waals surface area contributed by atoms with Gasteiger partial charge in [-0.1, -0.05) is 60.2 Å². The Morgan fingerprint density at radius 1 is 0.769 bits per heavy atom. The number of aryl methyl sites for hydroxylation is 3. The van der Waals surface area contributed by atoms with Crippen LogP contribution in [0.2, 0.25) is 0 Å². The Morgan fingerprint density at radius 2 is 1.38 bits per heavy atom. The van der Waals surface area contributed by atoms with E-state index in [4.69, 9.17) is 0 Å².